The van der Waals surface area contributed by atoms with E-state index in [1.165, 1.54) is 12.3 Å². The number of hydrogen-bond acceptors (Lipinski definition) is 4. The van der Waals surface area contributed by atoms with Gasteiger partial charge in [-0.1, -0.05) is 6.07 Å². The Labute approximate surface area is 213 Å². The molecular formula is C28H28F3N5O. The number of hydrogen-bond donors (Lipinski definition) is 1. The minimum absolute atomic E-state index is 0.137. The number of aromatic nitrogens is 3. The number of halogens is 3. The van der Waals surface area contributed by atoms with Crippen LogP contribution < -0.4 is 0 Å². The normalized spacial score (nSPS) is 14.9. The van der Waals surface area contributed by atoms with Gasteiger partial charge in [-0.2, -0.15) is 13.2 Å². The van der Waals surface area contributed by atoms with Gasteiger partial charge in [0.2, 0.25) is 0 Å². The number of carbonyl (C=O) groups excluding carboxylic acids is 1. The summed E-state index contributed by atoms with van der Waals surface area (Å²) >= 11 is 0. The molecule has 5 rings (SSSR count). The van der Waals surface area contributed by atoms with Crippen LogP contribution in [-0.4, -0.2) is 51.3 Å². The van der Waals surface area contributed by atoms with Crippen molar-refractivity contribution in [2.75, 3.05) is 20.6 Å². The summed E-state index contributed by atoms with van der Waals surface area (Å²) in [7, 11) is 3.99. The van der Waals surface area contributed by atoms with Gasteiger partial charge in [0, 0.05) is 48.2 Å². The van der Waals surface area contributed by atoms with Crippen LogP contribution in [0.1, 0.15) is 51.3 Å². The van der Waals surface area contributed by atoms with Gasteiger partial charge in [-0.25, -0.2) is 4.98 Å². The predicted molar refractivity (Wildman–Crippen MR) is 136 cm³/mol. The second kappa shape index (κ2) is 9.30. The standard InChI is InChI=1S/C28H28F3N5O/c1-16-12-33-26-23(16)11-20(14-34-26)19-9-21(15-35(3)4)22-7-8-36(27(37)24(22)10-19)17(2)18-5-6-25(32-13-18)28(29,30)31/h5-6,9-14,17H,7-8,15H2,1-4H3,(H,33,34). The monoisotopic (exact) mass is 507 g/mol. The molecule has 3 aromatic heterocycles. The fraction of sp³-hybridized carbons (Fsp3) is 0.321. The van der Waals surface area contributed by atoms with E-state index in [0.717, 1.165) is 44.9 Å². The third kappa shape index (κ3) is 4.71. The fourth-order valence-corrected chi connectivity index (χ4v) is 5.02. The average molecular weight is 508 g/mol. The van der Waals surface area contributed by atoms with E-state index in [1.807, 2.05) is 40.2 Å². The third-order valence-electron chi connectivity index (χ3n) is 7.02. The Kier molecular flexibility index (Phi) is 6.27. The first-order valence-corrected chi connectivity index (χ1v) is 12.1. The van der Waals surface area contributed by atoms with Crippen LogP contribution in [0.15, 0.2) is 48.9 Å². The van der Waals surface area contributed by atoms with Gasteiger partial charge in [0.15, 0.2) is 0 Å². The van der Waals surface area contributed by atoms with E-state index in [4.69, 9.17) is 0 Å². The van der Waals surface area contributed by atoms with Crippen molar-refractivity contribution in [1.29, 1.82) is 0 Å². The van der Waals surface area contributed by atoms with E-state index in [-0.39, 0.29) is 5.91 Å². The van der Waals surface area contributed by atoms with Gasteiger partial charge in [-0.3, -0.25) is 9.78 Å². The summed E-state index contributed by atoms with van der Waals surface area (Å²) < 4.78 is 38.9. The third-order valence-corrected chi connectivity index (χ3v) is 7.02. The van der Waals surface area contributed by atoms with Crippen molar-refractivity contribution in [3.63, 3.8) is 0 Å². The minimum Gasteiger partial charge on any atom is -0.346 e. The topological polar surface area (TPSA) is 65.1 Å². The van der Waals surface area contributed by atoms with Crippen LogP contribution in [0, 0.1) is 6.92 Å². The lowest BCUT2D eigenvalue weighted by Gasteiger charge is -2.35. The molecule has 0 saturated carbocycles. The first kappa shape index (κ1) is 25.0. The number of aryl methyl sites for hydroxylation is 1. The molecule has 1 N–H and O–H groups in total. The van der Waals surface area contributed by atoms with Crippen LogP contribution >= 0.6 is 0 Å². The molecule has 1 atom stereocenters. The molecule has 0 bridgehead atoms. The first-order valence-electron chi connectivity index (χ1n) is 12.1. The number of nitrogens with zero attached hydrogens (tertiary/aromatic N) is 4. The Morgan fingerprint density at radius 3 is 2.57 bits per heavy atom. The summed E-state index contributed by atoms with van der Waals surface area (Å²) in [6, 6.07) is 8.08. The van der Waals surface area contributed by atoms with E-state index in [0.29, 0.717) is 30.6 Å². The number of aromatic amines is 1. The molecule has 37 heavy (non-hydrogen) atoms. The largest absolute Gasteiger partial charge is 0.433 e. The lowest BCUT2D eigenvalue weighted by molar-refractivity contribution is -0.141. The summed E-state index contributed by atoms with van der Waals surface area (Å²) in [6.07, 6.45) is 1.10. The number of carbonyl (C=O) groups is 1. The smallest absolute Gasteiger partial charge is 0.346 e. The lowest BCUT2D eigenvalue weighted by atomic mass is 9.88. The highest BCUT2D eigenvalue weighted by Gasteiger charge is 2.34. The number of H-pyrrole nitrogens is 1. The van der Waals surface area contributed by atoms with Crippen molar-refractivity contribution in [3.8, 4) is 11.1 Å². The predicted octanol–water partition coefficient (Wildman–Crippen LogP) is 5.77. The highest BCUT2D eigenvalue weighted by Crippen LogP contribution is 2.35. The molecule has 0 fully saturated rings. The van der Waals surface area contributed by atoms with Gasteiger partial charge in [0.25, 0.3) is 5.91 Å². The van der Waals surface area contributed by atoms with E-state index < -0.39 is 17.9 Å². The Morgan fingerprint density at radius 1 is 1.11 bits per heavy atom. The second-order valence-electron chi connectivity index (χ2n) is 9.89. The number of fused-ring (bicyclic) bond motifs is 2. The molecule has 0 saturated heterocycles. The second-order valence-corrected chi connectivity index (χ2v) is 9.89. The summed E-state index contributed by atoms with van der Waals surface area (Å²) in [4.78, 5) is 28.9. The summed E-state index contributed by atoms with van der Waals surface area (Å²) in [5.74, 6) is -0.137. The SMILES string of the molecule is Cc1c[nH]c2ncc(-c3cc(CN(C)C)c4c(c3)C(=O)N(C(C)c3ccc(C(F)(F)F)nc3)CC4)cc12. The van der Waals surface area contributed by atoms with Gasteiger partial charge in [0.05, 0.1) is 6.04 Å². The van der Waals surface area contributed by atoms with Crippen molar-refractivity contribution < 1.29 is 18.0 Å². The summed E-state index contributed by atoms with van der Waals surface area (Å²) in [6.45, 7) is 5.00. The van der Waals surface area contributed by atoms with Crippen molar-refractivity contribution in [3.05, 3.63) is 82.4 Å². The molecule has 0 radical (unpaired) electrons. The molecule has 0 aliphatic carbocycles. The molecule has 4 aromatic rings. The molecule has 1 unspecified atom stereocenters. The van der Waals surface area contributed by atoms with Crippen molar-refractivity contribution in [2.24, 2.45) is 0 Å². The highest BCUT2D eigenvalue weighted by atomic mass is 19.4. The van der Waals surface area contributed by atoms with Gasteiger partial charge < -0.3 is 14.8 Å². The lowest BCUT2D eigenvalue weighted by Crippen LogP contribution is -2.40. The first-order chi connectivity index (χ1) is 17.5. The summed E-state index contributed by atoms with van der Waals surface area (Å²) in [5, 5.41) is 1.03. The van der Waals surface area contributed by atoms with Gasteiger partial charge in [0.1, 0.15) is 11.3 Å². The van der Waals surface area contributed by atoms with E-state index in [9.17, 15) is 18.0 Å². The number of pyridine rings is 2. The number of rotatable bonds is 5. The Hall–Kier alpha value is -3.72. The molecule has 9 heteroatoms. The summed E-state index contributed by atoms with van der Waals surface area (Å²) in [5.41, 5.74) is 6.08. The maximum Gasteiger partial charge on any atom is 0.433 e. The van der Waals surface area contributed by atoms with Crippen LogP contribution in [0.3, 0.4) is 0 Å². The zero-order valence-electron chi connectivity index (χ0n) is 21.1. The Morgan fingerprint density at radius 2 is 1.89 bits per heavy atom. The zero-order valence-corrected chi connectivity index (χ0v) is 21.1. The molecule has 1 aliphatic heterocycles. The molecule has 192 valence electrons. The Balaban J connectivity index is 1.53. The molecule has 0 spiro atoms. The number of nitrogens with one attached hydrogen (secondary N) is 1. The van der Waals surface area contributed by atoms with Crippen LogP contribution in [0.4, 0.5) is 13.2 Å². The van der Waals surface area contributed by atoms with Crippen LogP contribution in [0.2, 0.25) is 0 Å². The molecule has 4 heterocycles. The molecule has 6 nitrogen and oxygen atoms in total. The van der Waals surface area contributed by atoms with Crippen molar-refractivity contribution in [1.82, 2.24) is 24.8 Å². The fourth-order valence-electron chi connectivity index (χ4n) is 5.02. The average Bonchev–Trinajstić information content (AvgIpc) is 3.23. The minimum atomic E-state index is -4.50. The number of amides is 1. The van der Waals surface area contributed by atoms with Crippen LogP contribution in [0.5, 0.6) is 0 Å². The van der Waals surface area contributed by atoms with Gasteiger partial charge in [-0.05, 0) is 86.4 Å². The van der Waals surface area contributed by atoms with E-state index >= 15 is 0 Å². The van der Waals surface area contributed by atoms with Gasteiger partial charge in [-0.15, -0.1) is 0 Å². The van der Waals surface area contributed by atoms with Crippen LogP contribution in [-0.2, 0) is 19.1 Å². The van der Waals surface area contributed by atoms with Crippen molar-refractivity contribution in [2.45, 2.75) is 39.0 Å². The number of alkyl halides is 3. The maximum atomic E-state index is 13.8. The molecule has 1 aromatic carbocycles. The molecule has 1 amide bonds. The number of benzene rings is 1. The van der Waals surface area contributed by atoms with Crippen molar-refractivity contribution >= 4 is 16.9 Å². The maximum absolute atomic E-state index is 13.8. The quantitative estimate of drug-likeness (QED) is 0.372. The molecule has 1 aliphatic rings. The highest BCUT2D eigenvalue weighted by molar-refractivity contribution is 5.99. The van der Waals surface area contributed by atoms with Crippen LogP contribution in [0.25, 0.3) is 22.2 Å². The van der Waals surface area contributed by atoms with E-state index in [2.05, 4.69) is 32.0 Å². The van der Waals surface area contributed by atoms with Gasteiger partial charge >= 0.3 is 6.18 Å². The molecular weight excluding hydrogens is 479 g/mol. The van der Waals surface area contributed by atoms with E-state index in [1.54, 1.807) is 11.1 Å². The Bertz CT molecular complexity index is 1470. The zero-order chi connectivity index (χ0) is 26.5.